The van der Waals surface area contributed by atoms with Crippen LogP contribution in [0.3, 0.4) is 0 Å². The van der Waals surface area contributed by atoms with Crippen LogP contribution in [-0.4, -0.2) is 51.5 Å². The van der Waals surface area contributed by atoms with E-state index in [1.54, 1.807) is 31.1 Å². The molecule has 0 bridgehead atoms. The van der Waals surface area contributed by atoms with E-state index in [0.29, 0.717) is 16.4 Å². The van der Waals surface area contributed by atoms with Crippen molar-refractivity contribution in [3.8, 4) is 0 Å². The molecule has 0 heterocycles. The molecule has 0 amide bonds. The normalized spacial score (nSPS) is 11.5. The fourth-order valence-corrected chi connectivity index (χ4v) is 2.67. The fourth-order valence-electron chi connectivity index (χ4n) is 1.57. The van der Waals surface area contributed by atoms with E-state index in [1.807, 2.05) is 0 Å². The van der Waals surface area contributed by atoms with Gasteiger partial charge in [0.2, 0.25) is 0 Å². The van der Waals surface area contributed by atoms with Crippen LogP contribution in [-0.2, 0) is 15.0 Å². The number of rotatable bonds is 7. The first-order valence-corrected chi connectivity index (χ1v) is 7.88. The van der Waals surface area contributed by atoms with Crippen molar-refractivity contribution in [2.45, 2.75) is 6.42 Å². The summed E-state index contributed by atoms with van der Waals surface area (Å²) < 4.78 is 27.7. The number of nitrogens with zero attached hydrogens (tertiary/aromatic N) is 2. The van der Waals surface area contributed by atoms with Crippen LogP contribution >= 0.6 is 11.6 Å². The molecule has 0 saturated heterocycles. The topological polar surface area (TPSA) is 90.0 Å². The summed E-state index contributed by atoms with van der Waals surface area (Å²) in [5.41, 5.74) is 0.976. The van der Waals surface area contributed by atoms with Crippen molar-refractivity contribution < 1.29 is 18.3 Å². The Balaban J connectivity index is 2.98. The molecular weight excluding hydrogens is 318 g/mol. The lowest BCUT2D eigenvalue weighted by Gasteiger charge is -2.22. The highest BCUT2D eigenvalue weighted by Crippen LogP contribution is 2.28. The summed E-state index contributed by atoms with van der Waals surface area (Å²) in [6, 6.07) is 4.85. The number of hydrogen-bond acceptors (Lipinski definition) is 4. The van der Waals surface area contributed by atoms with Gasteiger partial charge in [-0.1, -0.05) is 11.6 Å². The van der Waals surface area contributed by atoms with Gasteiger partial charge in [0, 0.05) is 32.7 Å². The van der Waals surface area contributed by atoms with Crippen LogP contribution in [0.15, 0.2) is 18.2 Å². The second-order valence-corrected chi connectivity index (χ2v) is 6.84. The smallest absolute Gasteiger partial charge is 0.304 e. The summed E-state index contributed by atoms with van der Waals surface area (Å²) in [5, 5.41) is 9.00. The molecule has 0 fully saturated rings. The molecular formula is C12H18ClN3O4S. The first kappa shape index (κ1) is 17.5. The number of aliphatic carboxylic acids is 1. The van der Waals surface area contributed by atoms with E-state index in [9.17, 15) is 13.2 Å². The standard InChI is InChI=1S/C12H18ClN3O4S/c1-15(2)11-5-4-9(13)8-10(11)14-21(19,20)16(3)7-6-12(17)18/h4-5,8,14H,6-7H2,1-3H3,(H,17,18). The summed E-state index contributed by atoms with van der Waals surface area (Å²) in [5.74, 6) is -1.06. The van der Waals surface area contributed by atoms with Crippen molar-refractivity contribution in [3.63, 3.8) is 0 Å². The van der Waals surface area contributed by atoms with Gasteiger partial charge in [0.15, 0.2) is 0 Å². The average molecular weight is 336 g/mol. The SMILES string of the molecule is CN(C)c1ccc(Cl)cc1NS(=O)(=O)N(C)CCC(=O)O. The van der Waals surface area contributed by atoms with Crippen molar-refractivity contribution in [2.24, 2.45) is 0 Å². The zero-order chi connectivity index (χ0) is 16.2. The van der Waals surface area contributed by atoms with Gasteiger partial charge in [0.05, 0.1) is 17.8 Å². The van der Waals surface area contributed by atoms with Gasteiger partial charge in [-0.2, -0.15) is 12.7 Å². The highest BCUT2D eigenvalue weighted by atomic mass is 35.5. The van der Waals surface area contributed by atoms with Gasteiger partial charge in [-0.3, -0.25) is 9.52 Å². The monoisotopic (exact) mass is 335 g/mol. The van der Waals surface area contributed by atoms with Crippen molar-refractivity contribution in [1.82, 2.24) is 4.31 Å². The van der Waals surface area contributed by atoms with Crippen molar-refractivity contribution in [2.75, 3.05) is 37.3 Å². The van der Waals surface area contributed by atoms with Crippen LogP contribution in [0.5, 0.6) is 0 Å². The highest BCUT2D eigenvalue weighted by molar-refractivity contribution is 7.90. The van der Waals surface area contributed by atoms with Gasteiger partial charge < -0.3 is 10.0 Å². The van der Waals surface area contributed by atoms with Crippen molar-refractivity contribution in [3.05, 3.63) is 23.2 Å². The molecule has 2 N–H and O–H groups in total. The Morgan fingerprint density at radius 2 is 1.95 bits per heavy atom. The van der Waals surface area contributed by atoms with Crippen LogP contribution < -0.4 is 9.62 Å². The lowest BCUT2D eigenvalue weighted by Crippen LogP contribution is -2.34. The lowest BCUT2D eigenvalue weighted by molar-refractivity contribution is -0.137. The van der Waals surface area contributed by atoms with Gasteiger partial charge >= 0.3 is 16.2 Å². The Bertz CT molecular complexity index is 619. The summed E-state index contributed by atoms with van der Waals surface area (Å²) in [6.45, 7) is -0.122. The van der Waals surface area contributed by atoms with E-state index in [4.69, 9.17) is 16.7 Å². The van der Waals surface area contributed by atoms with Crippen LogP contribution in [0.1, 0.15) is 6.42 Å². The quantitative estimate of drug-likeness (QED) is 0.787. The number of halogens is 1. The largest absolute Gasteiger partial charge is 0.481 e. The van der Waals surface area contributed by atoms with Gasteiger partial charge in [-0.25, -0.2) is 0 Å². The zero-order valence-electron chi connectivity index (χ0n) is 12.0. The summed E-state index contributed by atoms with van der Waals surface area (Å²) >= 11 is 5.89. The second-order valence-electron chi connectivity index (χ2n) is 4.63. The third-order valence-corrected chi connectivity index (χ3v) is 4.45. The number of nitrogens with one attached hydrogen (secondary N) is 1. The molecule has 0 aliphatic carbocycles. The predicted molar refractivity (Wildman–Crippen MR) is 83.2 cm³/mol. The highest BCUT2D eigenvalue weighted by Gasteiger charge is 2.20. The Morgan fingerprint density at radius 3 is 2.48 bits per heavy atom. The Morgan fingerprint density at radius 1 is 1.33 bits per heavy atom. The summed E-state index contributed by atoms with van der Waals surface area (Å²) in [4.78, 5) is 12.3. The van der Waals surface area contributed by atoms with Gasteiger partial charge in [-0.05, 0) is 18.2 Å². The lowest BCUT2D eigenvalue weighted by atomic mass is 10.2. The third-order valence-electron chi connectivity index (χ3n) is 2.73. The maximum Gasteiger partial charge on any atom is 0.304 e. The minimum absolute atomic E-state index is 0.122. The van der Waals surface area contributed by atoms with Crippen LogP contribution in [0.4, 0.5) is 11.4 Å². The number of anilines is 2. The minimum atomic E-state index is -3.85. The first-order chi connectivity index (χ1) is 9.63. The first-order valence-electron chi connectivity index (χ1n) is 6.06. The van der Waals surface area contributed by atoms with E-state index in [0.717, 1.165) is 4.31 Å². The molecule has 0 atom stereocenters. The molecule has 0 unspecified atom stereocenters. The molecule has 1 aromatic rings. The maximum absolute atomic E-state index is 12.2. The Kier molecular flexibility index (Phi) is 5.82. The average Bonchev–Trinajstić information content (AvgIpc) is 2.34. The fraction of sp³-hybridized carbons (Fsp3) is 0.417. The van der Waals surface area contributed by atoms with Gasteiger partial charge in [0.1, 0.15) is 0 Å². The van der Waals surface area contributed by atoms with E-state index in [-0.39, 0.29) is 13.0 Å². The molecule has 1 rings (SSSR count). The summed E-state index contributed by atoms with van der Waals surface area (Å²) in [7, 11) is 1.01. The van der Waals surface area contributed by atoms with Gasteiger partial charge in [0.25, 0.3) is 0 Å². The summed E-state index contributed by atoms with van der Waals surface area (Å²) in [6.07, 6.45) is -0.270. The van der Waals surface area contributed by atoms with E-state index in [1.165, 1.54) is 13.1 Å². The minimum Gasteiger partial charge on any atom is -0.481 e. The molecule has 0 aliphatic rings. The molecule has 7 nitrogen and oxygen atoms in total. The van der Waals surface area contributed by atoms with E-state index >= 15 is 0 Å². The Hall–Kier alpha value is -1.51. The Labute approximate surface area is 129 Å². The van der Waals surface area contributed by atoms with E-state index < -0.39 is 16.2 Å². The molecule has 0 spiro atoms. The molecule has 118 valence electrons. The number of hydrogen-bond donors (Lipinski definition) is 2. The molecule has 1 aromatic carbocycles. The van der Waals surface area contributed by atoms with Gasteiger partial charge in [-0.15, -0.1) is 0 Å². The third kappa shape index (κ3) is 5.07. The number of carboxylic acid groups (broad SMARTS) is 1. The molecule has 9 heteroatoms. The van der Waals surface area contributed by atoms with Crippen LogP contribution in [0.25, 0.3) is 0 Å². The van der Waals surface area contributed by atoms with Crippen LogP contribution in [0, 0.1) is 0 Å². The van der Waals surface area contributed by atoms with Crippen molar-refractivity contribution in [1.29, 1.82) is 0 Å². The predicted octanol–water partition coefficient (Wildman–Crippen LogP) is 1.47. The number of benzene rings is 1. The van der Waals surface area contributed by atoms with E-state index in [2.05, 4.69) is 4.72 Å². The maximum atomic E-state index is 12.2. The zero-order valence-corrected chi connectivity index (χ0v) is 13.6. The van der Waals surface area contributed by atoms with Crippen LogP contribution in [0.2, 0.25) is 5.02 Å². The van der Waals surface area contributed by atoms with Crippen molar-refractivity contribution >= 4 is 39.2 Å². The molecule has 0 aromatic heterocycles. The molecule has 0 aliphatic heterocycles. The molecule has 0 saturated carbocycles. The molecule has 21 heavy (non-hydrogen) atoms. The second kappa shape index (κ2) is 6.97. The number of carboxylic acids is 1. The molecule has 0 radical (unpaired) electrons. The number of carbonyl (C=O) groups is 1.